The van der Waals surface area contributed by atoms with E-state index in [1.807, 2.05) is 6.92 Å². The molecule has 0 radical (unpaired) electrons. The van der Waals surface area contributed by atoms with E-state index in [4.69, 9.17) is 5.73 Å². The number of halogens is 1. The molecule has 0 bridgehead atoms. The van der Waals surface area contributed by atoms with E-state index in [0.717, 1.165) is 10.9 Å². The molecule has 12 heavy (non-hydrogen) atoms. The summed E-state index contributed by atoms with van der Waals surface area (Å²) in [5.41, 5.74) is 6.96. The van der Waals surface area contributed by atoms with Crippen LogP contribution in [-0.2, 0) is 0 Å². The molecule has 0 aliphatic heterocycles. The number of hydrogen-bond donors (Lipinski definition) is 1. The maximum Gasteiger partial charge on any atom is 0.109 e. The molecule has 4 heteroatoms. The lowest BCUT2D eigenvalue weighted by Gasteiger charge is -1.96. The molecule has 2 nitrogen and oxygen atoms in total. The molecule has 0 spiro atoms. The van der Waals surface area contributed by atoms with Crippen molar-refractivity contribution < 1.29 is 0 Å². The van der Waals surface area contributed by atoms with Gasteiger partial charge in [0.25, 0.3) is 0 Å². The second kappa shape index (κ2) is 3.73. The van der Waals surface area contributed by atoms with Gasteiger partial charge in [0.05, 0.1) is 11.7 Å². The fourth-order valence-electron chi connectivity index (χ4n) is 1.08. The highest BCUT2D eigenvalue weighted by molar-refractivity contribution is 7.09. The zero-order valence-electron chi connectivity index (χ0n) is 6.99. The average molecular weight is 205 g/mol. The van der Waals surface area contributed by atoms with E-state index < -0.39 is 0 Å². The van der Waals surface area contributed by atoms with E-state index in [1.165, 1.54) is 18.5 Å². The number of hydrogen-bond acceptors (Lipinski definition) is 3. The molecule has 1 heterocycles. The minimum absolute atomic E-state index is 0. The molecule has 0 unspecified atom stereocenters. The summed E-state index contributed by atoms with van der Waals surface area (Å²) in [6.45, 7) is 1.98. The maximum absolute atomic E-state index is 5.70. The second-order valence-electron chi connectivity index (χ2n) is 3.17. The van der Waals surface area contributed by atoms with Gasteiger partial charge in [0.15, 0.2) is 0 Å². The van der Waals surface area contributed by atoms with Crippen molar-refractivity contribution in [2.24, 2.45) is 5.73 Å². The van der Waals surface area contributed by atoms with E-state index >= 15 is 0 Å². The predicted octanol–water partition coefficient (Wildman–Crippen LogP) is 2.46. The summed E-state index contributed by atoms with van der Waals surface area (Å²) in [7, 11) is 0. The molecule has 2 N–H and O–H groups in total. The minimum Gasteiger partial charge on any atom is -0.322 e. The topological polar surface area (TPSA) is 38.9 Å². The fourth-order valence-corrected chi connectivity index (χ4v) is 1.94. The van der Waals surface area contributed by atoms with Crippen LogP contribution in [0.25, 0.3) is 0 Å². The van der Waals surface area contributed by atoms with Crippen LogP contribution in [0.5, 0.6) is 0 Å². The Labute approximate surface area is 82.6 Å². The Kier molecular flexibility index (Phi) is 3.09. The van der Waals surface area contributed by atoms with Crippen LogP contribution < -0.4 is 5.73 Å². The zero-order valence-corrected chi connectivity index (χ0v) is 8.62. The quantitative estimate of drug-likeness (QED) is 0.804. The molecule has 1 aliphatic rings. The predicted molar refractivity (Wildman–Crippen MR) is 53.9 cm³/mol. The third-order valence-electron chi connectivity index (χ3n) is 1.92. The molecule has 1 saturated carbocycles. The van der Waals surface area contributed by atoms with Crippen molar-refractivity contribution in [3.05, 3.63) is 16.1 Å². The van der Waals surface area contributed by atoms with Gasteiger partial charge < -0.3 is 5.73 Å². The van der Waals surface area contributed by atoms with Crippen LogP contribution in [-0.4, -0.2) is 4.98 Å². The molecule has 1 aromatic heterocycles. The molecule has 1 aromatic rings. The Bertz CT molecular complexity index is 239. The first-order valence-electron chi connectivity index (χ1n) is 3.98. The smallest absolute Gasteiger partial charge is 0.109 e. The monoisotopic (exact) mass is 204 g/mol. The van der Waals surface area contributed by atoms with Gasteiger partial charge in [-0.1, -0.05) is 0 Å². The summed E-state index contributed by atoms with van der Waals surface area (Å²) in [5, 5.41) is 3.23. The largest absolute Gasteiger partial charge is 0.322 e. The van der Waals surface area contributed by atoms with Gasteiger partial charge in [-0.05, 0) is 19.8 Å². The Hall–Kier alpha value is -0.120. The van der Waals surface area contributed by atoms with Crippen LogP contribution in [0.2, 0.25) is 0 Å². The third-order valence-corrected chi connectivity index (χ3v) is 2.99. The van der Waals surface area contributed by atoms with E-state index in [1.54, 1.807) is 11.3 Å². The minimum atomic E-state index is 0. The first-order valence-corrected chi connectivity index (χ1v) is 4.86. The maximum atomic E-state index is 5.70. The summed E-state index contributed by atoms with van der Waals surface area (Å²) < 4.78 is 0. The van der Waals surface area contributed by atoms with Gasteiger partial charge in [-0.15, -0.1) is 23.7 Å². The highest BCUT2D eigenvalue weighted by Gasteiger charge is 2.26. The molecule has 1 fully saturated rings. The average Bonchev–Trinajstić information content (AvgIpc) is 2.68. The van der Waals surface area contributed by atoms with E-state index in [-0.39, 0.29) is 18.4 Å². The summed E-state index contributed by atoms with van der Waals surface area (Å²) >= 11 is 1.69. The third kappa shape index (κ3) is 1.97. The van der Waals surface area contributed by atoms with Gasteiger partial charge in [-0.3, -0.25) is 0 Å². The van der Waals surface area contributed by atoms with Gasteiger partial charge >= 0.3 is 0 Å². The van der Waals surface area contributed by atoms with Crippen molar-refractivity contribution in [3.8, 4) is 0 Å². The highest BCUT2D eigenvalue weighted by Crippen LogP contribution is 2.40. The molecule has 1 atom stereocenters. The lowest BCUT2D eigenvalue weighted by atomic mass is 10.3. The summed E-state index contributed by atoms with van der Waals surface area (Å²) in [6, 6.07) is 0.104. The van der Waals surface area contributed by atoms with Crippen molar-refractivity contribution >= 4 is 23.7 Å². The van der Waals surface area contributed by atoms with Crippen LogP contribution in [0.1, 0.15) is 42.4 Å². The molecular formula is C8H13ClN2S. The second-order valence-corrected chi connectivity index (χ2v) is 4.06. The Morgan fingerprint density at radius 1 is 1.67 bits per heavy atom. The molecule has 0 amide bonds. The van der Waals surface area contributed by atoms with E-state index in [2.05, 4.69) is 10.4 Å². The number of nitrogens with zero attached hydrogens (tertiary/aromatic N) is 1. The van der Waals surface area contributed by atoms with E-state index in [0.29, 0.717) is 0 Å². The molecule has 0 saturated heterocycles. The normalized spacial score (nSPS) is 18.5. The number of nitrogens with two attached hydrogens (primary N) is 1. The molecule has 0 aromatic carbocycles. The molecule has 68 valence electrons. The van der Waals surface area contributed by atoms with E-state index in [9.17, 15) is 0 Å². The number of rotatable bonds is 2. The van der Waals surface area contributed by atoms with Gasteiger partial charge in [0.1, 0.15) is 5.01 Å². The first kappa shape index (κ1) is 9.96. The van der Waals surface area contributed by atoms with Crippen molar-refractivity contribution in [1.29, 1.82) is 0 Å². The Balaban J connectivity index is 0.000000720. The van der Waals surface area contributed by atoms with Crippen molar-refractivity contribution in [3.63, 3.8) is 0 Å². The molecular weight excluding hydrogens is 192 g/mol. The van der Waals surface area contributed by atoms with Crippen LogP contribution in [0, 0.1) is 0 Å². The van der Waals surface area contributed by atoms with Gasteiger partial charge in [0, 0.05) is 11.3 Å². The van der Waals surface area contributed by atoms with Gasteiger partial charge in [-0.2, -0.15) is 0 Å². The Morgan fingerprint density at radius 2 is 2.33 bits per heavy atom. The van der Waals surface area contributed by atoms with Crippen molar-refractivity contribution in [2.45, 2.75) is 31.7 Å². The Morgan fingerprint density at radius 3 is 2.75 bits per heavy atom. The number of thiazole rings is 1. The summed E-state index contributed by atoms with van der Waals surface area (Å²) in [6.07, 6.45) is 2.64. The van der Waals surface area contributed by atoms with Gasteiger partial charge in [0.2, 0.25) is 0 Å². The highest BCUT2D eigenvalue weighted by atomic mass is 35.5. The van der Waals surface area contributed by atoms with Crippen molar-refractivity contribution in [2.75, 3.05) is 0 Å². The van der Waals surface area contributed by atoms with Gasteiger partial charge in [-0.25, -0.2) is 4.98 Å². The zero-order chi connectivity index (χ0) is 7.84. The van der Waals surface area contributed by atoms with Crippen LogP contribution in [0.4, 0.5) is 0 Å². The molecule has 2 rings (SSSR count). The van der Waals surface area contributed by atoms with Crippen LogP contribution in [0.15, 0.2) is 5.38 Å². The van der Waals surface area contributed by atoms with Crippen LogP contribution >= 0.6 is 23.7 Å². The summed E-state index contributed by atoms with van der Waals surface area (Å²) in [4.78, 5) is 4.47. The lowest BCUT2D eigenvalue weighted by Crippen LogP contribution is -2.04. The molecule has 1 aliphatic carbocycles. The van der Waals surface area contributed by atoms with Crippen molar-refractivity contribution in [1.82, 2.24) is 4.98 Å². The standard InChI is InChI=1S/C8H12N2S.ClH/c1-5(9)8-10-7(4-11-8)6-2-3-6;/h4-6H,2-3,9H2,1H3;1H/t5-;/m1./s1. The fraction of sp³-hybridized carbons (Fsp3) is 0.625. The SMILES string of the molecule is C[C@@H](N)c1nc(C2CC2)cs1.Cl. The number of aromatic nitrogens is 1. The lowest BCUT2D eigenvalue weighted by molar-refractivity contribution is 0.797. The summed E-state index contributed by atoms with van der Waals surface area (Å²) in [5.74, 6) is 0.763. The van der Waals surface area contributed by atoms with Crippen LogP contribution in [0.3, 0.4) is 0 Å². The first-order chi connectivity index (χ1) is 5.27.